The van der Waals surface area contributed by atoms with Crippen LogP contribution in [0.15, 0.2) is 29.4 Å². The Labute approximate surface area is 104 Å². The van der Waals surface area contributed by atoms with Crippen LogP contribution in [-0.4, -0.2) is 17.0 Å². The molecule has 1 saturated heterocycles. The van der Waals surface area contributed by atoms with Gasteiger partial charge in [-0.3, -0.25) is 0 Å². The lowest BCUT2D eigenvalue weighted by atomic mass is 10.0. The summed E-state index contributed by atoms with van der Waals surface area (Å²) in [5.74, 6) is -0.0210. The van der Waals surface area contributed by atoms with E-state index in [0.717, 1.165) is 12.0 Å². The molecule has 2 atom stereocenters. The van der Waals surface area contributed by atoms with E-state index in [9.17, 15) is 0 Å². The van der Waals surface area contributed by atoms with Gasteiger partial charge in [-0.2, -0.15) is 0 Å². The highest BCUT2D eigenvalue weighted by molar-refractivity contribution is 6.65. The van der Waals surface area contributed by atoms with Gasteiger partial charge in [-0.1, -0.05) is 40.5 Å². The second kappa shape index (κ2) is 5.04. The molecule has 0 unspecified atom stereocenters. The van der Waals surface area contributed by atoms with Crippen molar-refractivity contribution in [2.45, 2.75) is 12.5 Å². The van der Waals surface area contributed by atoms with Gasteiger partial charge in [0, 0.05) is 10.9 Å². The molecular weight excluding hydrogens is 249 g/mol. The Kier molecular flexibility index (Phi) is 3.69. The topological polar surface area (TPSA) is 41.8 Å². The van der Waals surface area contributed by atoms with Crippen molar-refractivity contribution in [2.24, 2.45) is 11.1 Å². The smallest absolute Gasteiger partial charge is 0.150 e. The van der Waals surface area contributed by atoms with Crippen molar-refractivity contribution in [1.29, 1.82) is 0 Å². The normalized spacial score (nSPS) is 26.0. The maximum Gasteiger partial charge on any atom is 0.150 e. The maximum absolute atomic E-state index is 8.57. The lowest BCUT2D eigenvalue weighted by Gasteiger charge is -2.09. The molecule has 1 aliphatic rings. The van der Waals surface area contributed by atoms with Crippen LogP contribution in [0.4, 0.5) is 0 Å². The summed E-state index contributed by atoms with van der Waals surface area (Å²) in [6.45, 7) is 0.482. The van der Waals surface area contributed by atoms with E-state index in [1.54, 1.807) is 0 Å². The van der Waals surface area contributed by atoms with Crippen LogP contribution in [0.2, 0.25) is 5.02 Å². The van der Waals surface area contributed by atoms with Crippen LogP contribution in [0, 0.1) is 5.92 Å². The zero-order chi connectivity index (χ0) is 11.5. The van der Waals surface area contributed by atoms with E-state index in [4.69, 9.17) is 33.1 Å². The fourth-order valence-electron chi connectivity index (χ4n) is 1.78. The molecule has 0 spiro atoms. The molecule has 1 heterocycles. The number of halogens is 2. The number of ether oxygens (including phenoxy) is 1. The second-order valence-electron chi connectivity index (χ2n) is 3.73. The van der Waals surface area contributed by atoms with Gasteiger partial charge in [0.15, 0.2) is 5.17 Å². The van der Waals surface area contributed by atoms with Gasteiger partial charge in [0.25, 0.3) is 0 Å². The second-order valence-corrected chi connectivity index (χ2v) is 4.55. The molecule has 86 valence electrons. The largest absolute Gasteiger partial charge is 0.410 e. The summed E-state index contributed by atoms with van der Waals surface area (Å²) >= 11 is 11.6. The minimum Gasteiger partial charge on any atom is -0.410 e. The average molecular weight is 260 g/mol. The summed E-state index contributed by atoms with van der Waals surface area (Å²) in [5.41, 5.74) is 1.06. The molecule has 1 aromatic rings. The van der Waals surface area contributed by atoms with Gasteiger partial charge in [-0.05, 0) is 24.1 Å². The van der Waals surface area contributed by atoms with Crippen LogP contribution >= 0.6 is 23.2 Å². The van der Waals surface area contributed by atoms with Gasteiger partial charge in [0.05, 0.1) is 12.7 Å². The first-order valence-electron chi connectivity index (χ1n) is 4.95. The van der Waals surface area contributed by atoms with E-state index in [-0.39, 0.29) is 17.2 Å². The summed E-state index contributed by atoms with van der Waals surface area (Å²) in [4.78, 5) is 0. The highest BCUT2D eigenvalue weighted by atomic mass is 35.5. The molecule has 3 nitrogen and oxygen atoms in total. The van der Waals surface area contributed by atoms with Crippen molar-refractivity contribution in [1.82, 2.24) is 0 Å². The van der Waals surface area contributed by atoms with Gasteiger partial charge in [0.2, 0.25) is 0 Å². The Morgan fingerprint density at radius 2 is 2.06 bits per heavy atom. The quantitative estimate of drug-likeness (QED) is 0.502. The third-order valence-corrected chi connectivity index (χ3v) is 3.31. The monoisotopic (exact) mass is 259 g/mol. The molecule has 0 aliphatic carbocycles. The summed E-state index contributed by atoms with van der Waals surface area (Å²) in [7, 11) is 0. The Hall–Kier alpha value is -0.770. The maximum atomic E-state index is 8.57. The Morgan fingerprint density at radius 3 is 2.69 bits per heavy atom. The van der Waals surface area contributed by atoms with Crippen molar-refractivity contribution >= 4 is 28.4 Å². The van der Waals surface area contributed by atoms with Gasteiger partial charge < -0.3 is 9.94 Å². The average Bonchev–Trinajstić information content (AvgIpc) is 2.78. The van der Waals surface area contributed by atoms with Crippen molar-refractivity contribution in [3.63, 3.8) is 0 Å². The number of hydrogen-bond acceptors (Lipinski definition) is 3. The summed E-state index contributed by atoms with van der Waals surface area (Å²) in [5, 5.41) is 12.5. The van der Waals surface area contributed by atoms with Crippen molar-refractivity contribution in [2.75, 3.05) is 6.61 Å². The minimum absolute atomic E-state index is 0.00207. The number of benzene rings is 1. The SMILES string of the molecule is O/N=C(\Cl)[C@@H]1CO[C@@H](c2ccc(Cl)cc2)C1. The van der Waals surface area contributed by atoms with Crippen molar-refractivity contribution in [3.05, 3.63) is 34.9 Å². The number of rotatable bonds is 2. The highest BCUT2D eigenvalue weighted by Crippen LogP contribution is 2.34. The fraction of sp³-hybridized carbons (Fsp3) is 0.364. The molecule has 0 saturated carbocycles. The van der Waals surface area contributed by atoms with E-state index < -0.39 is 0 Å². The first-order valence-corrected chi connectivity index (χ1v) is 5.71. The molecule has 1 N–H and O–H groups in total. The van der Waals surface area contributed by atoms with Crippen molar-refractivity contribution in [3.8, 4) is 0 Å². The van der Waals surface area contributed by atoms with Crippen LogP contribution in [0.5, 0.6) is 0 Å². The van der Waals surface area contributed by atoms with Crippen LogP contribution in [0.3, 0.4) is 0 Å². The number of hydrogen-bond donors (Lipinski definition) is 1. The lowest BCUT2D eigenvalue weighted by Crippen LogP contribution is -2.07. The predicted molar refractivity (Wildman–Crippen MR) is 63.3 cm³/mol. The molecule has 16 heavy (non-hydrogen) atoms. The van der Waals surface area contributed by atoms with Crippen molar-refractivity contribution < 1.29 is 9.94 Å². The van der Waals surface area contributed by atoms with E-state index in [1.165, 1.54) is 0 Å². The van der Waals surface area contributed by atoms with Crippen LogP contribution in [-0.2, 0) is 4.74 Å². The molecule has 1 aromatic carbocycles. The Morgan fingerprint density at radius 1 is 1.38 bits per heavy atom. The number of nitrogens with zero attached hydrogens (tertiary/aromatic N) is 1. The van der Waals surface area contributed by atoms with Crippen LogP contribution in [0.1, 0.15) is 18.1 Å². The van der Waals surface area contributed by atoms with Gasteiger partial charge >= 0.3 is 0 Å². The third kappa shape index (κ3) is 2.48. The molecule has 1 aliphatic heterocycles. The zero-order valence-corrected chi connectivity index (χ0v) is 9.95. The minimum atomic E-state index is -0.0210. The third-order valence-electron chi connectivity index (χ3n) is 2.67. The number of oxime groups is 1. The standard InChI is InChI=1S/C11H11Cl2NO2/c12-9-3-1-7(2-4-9)10-5-8(6-16-10)11(13)14-15/h1-4,8,10,15H,5-6H2/b14-11-/t8-,10+/m0/s1. The zero-order valence-electron chi connectivity index (χ0n) is 8.44. The first-order chi connectivity index (χ1) is 7.70. The molecule has 2 rings (SSSR count). The fourth-order valence-corrected chi connectivity index (χ4v) is 2.06. The molecule has 0 aromatic heterocycles. The Bertz CT molecular complexity index is 391. The molecule has 0 radical (unpaired) electrons. The predicted octanol–water partition coefficient (Wildman–Crippen LogP) is 3.44. The molecule has 5 heteroatoms. The Balaban J connectivity index is 2.06. The van der Waals surface area contributed by atoms with Gasteiger partial charge in [-0.15, -0.1) is 0 Å². The van der Waals surface area contributed by atoms with E-state index >= 15 is 0 Å². The molecular formula is C11H11Cl2NO2. The first kappa shape index (κ1) is 11.7. The van der Waals surface area contributed by atoms with Crippen LogP contribution in [0.25, 0.3) is 0 Å². The molecule has 0 bridgehead atoms. The molecule has 0 amide bonds. The lowest BCUT2D eigenvalue weighted by molar-refractivity contribution is 0.110. The van der Waals surface area contributed by atoms with E-state index in [1.807, 2.05) is 24.3 Å². The highest BCUT2D eigenvalue weighted by Gasteiger charge is 2.29. The van der Waals surface area contributed by atoms with E-state index in [0.29, 0.717) is 11.6 Å². The van der Waals surface area contributed by atoms with E-state index in [2.05, 4.69) is 5.16 Å². The van der Waals surface area contributed by atoms with Crippen LogP contribution < -0.4 is 0 Å². The van der Waals surface area contributed by atoms with Gasteiger partial charge in [-0.25, -0.2) is 0 Å². The molecule has 1 fully saturated rings. The summed E-state index contributed by atoms with van der Waals surface area (Å²) in [6, 6.07) is 7.52. The van der Waals surface area contributed by atoms with Gasteiger partial charge in [0.1, 0.15) is 0 Å². The summed E-state index contributed by atoms with van der Waals surface area (Å²) in [6.07, 6.45) is 0.725. The summed E-state index contributed by atoms with van der Waals surface area (Å²) < 4.78 is 5.59.